The van der Waals surface area contributed by atoms with Gasteiger partial charge in [-0.05, 0) is 50.4 Å². The van der Waals surface area contributed by atoms with Crippen molar-refractivity contribution in [1.82, 2.24) is 4.90 Å². The molecule has 1 N–H and O–H groups in total. The Morgan fingerprint density at radius 2 is 1.73 bits per heavy atom. The Bertz CT molecular complexity index is 642. The number of hydrogen-bond acceptors (Lipinski definition) is 4. The number of nitrogens with zero attached hydrogens (tertiary/aromatic N) is 2. The zero-order valence-electron chi connectivity index (χ0n) is 13.0. The largest absolute Gasteiger partial charge is 0.369 e. The molecule has 1 aromatic carbocycles. The second-order valence-corrected chi connectivity index (χ2v) is 6.99. The second-order valence-electron chi connectivity index (χ2n) is 5.70. The van der Waals surface area contributed by atoms with Crippen LogP contribution in [0.4, 0.5) is 11.4 Å². The van der Waals surface area contributed by atoms with Gasteiger partial charge in [0.25, 0.3) is 5.91 Å². The molecular weight excluding hydrogens is 294 g/mol. The first kappa shape index (κ1) is 15.1. The number of thiophene rings is 1. The molecule has 1 aromatic heterocycles. The van der Waals surface area contributed by atoms with Crippen LogP contribution in [0.2, 0.25) is 0 Å². The smallest absolute Gasteiger partial charge is 0.265 e. The summed E-state index contributed by atoms with van der Waals surface area (Å²) in [5.41, 5.74) is 2.06. The molecule has 0 bridgehead atoms. The Kier molecular flexibility index (Phi) is 4.45. The third kappa shape index (κ3) is 3.48. The molecule has 4 nitrogen and oxygen atoms in total. The minimum absolute atomic E-state index is 0.0366. The van der Waals surface area contributed by atoms with Gasteiger partial charge in [0.05, 0.1) is 4.88 Å². The molecule has 0 atom stereocenters. The summed E-state index contributed by atoms with van der Waals surface area (Å²) in [5.74, 6) is -0.0366. The van der Waals surface area contributed by atoms with Gasteiger partial charge in [-0.1, -0.05) is 0 Å². The van der Waals surface area contributed by atoms with Crippen LogP contribution in [-0.4, -0.2) is 44.0 Å². The molecule has 0 radical (unpaired) electrons. The lowest BCUT2D eigenvalue weighted by Crippen LogP contribution is -2.44. The number of nitrogens with one attached hydrogen (secondary N) is 1. The maximum Gasteiger partial charge on any atom is 0.265 e. The zero-order chi connectivity index (χ0) is 15.5. The van der Waals surface area contributed by atoms with Crippen molar-refractivity contribution in [3.63, 3.8) is 0 Å². The van der Waals surface area contributed by atoms with E-state index < -0.39 is 0 Å². The van der Waals surface area contributed by atoms with Crippen molar-refractivity contribution >= 4 is 28.6 Å². The first-order chi connectivity index (χ1) is 10.6. The third-order valence-corrected chi connectivity index (χ3v) is 4.96. The van der Waals surface area contributed by atoms with E-state index in [1.165, 1.54) is 17.0 Å². The van der Waals surface area contributed by atoms with Gasteiger partial charge in [0.15, 0.2) is 0 Å². The Morgan fingerprint density at radius 3 is 2.32 bits per heavy atom. The van der Waals surface area contributed by atoms with Crippen LogP contribution >= 0.6 is 11.3 Å². The van der Waals surface area contributed by atoms with Crippen molar-refractivity contribution in [3.8, 4) is 0 Å². The van der Waals surface area contributed by atoms with Gasteiger partial charge < -0.3 is 15.1 Å². The number of rotatable bonds is 3. The second kappa shape index (κ2) is 6.50. The lowest BCUT2D eigenvalue weighted by atomic mass is 10.2. The van der Waals surface area contributed by atoms with Crippen LogP contribution in [-0.2, 0) is 0 Å². The van der Waals surface area contributed by atoms with Crippen LogP contribution in [0, 0.1) is 6.92 Å². The molecule has 0 saturated carbocycles. The van der Waals surface area contributed by atoms with Gasteiger partial charge in [0.1, 0.15) is 0 Å². The van der Waals surface area contributed by atoms with Gasteiger partial charge in [0.2, 0.25) is 0 Å². The third-order valence-electron chi connectivity index (χ3n) is 3.96. The van der Waals surface area contributed by atoms with E-state index in [4.69, 9.17) is 0 Å². The molecule has 2 aromatic rings. The number of anilines is 2. The summed E-state index contributed by atoms with van der Waals surface area (Å²) >= 11 is 1.52. The van der Waals surface area contributed by atoms with Crippen LogP contribution in [0.1, 0.15) is 14.5 Å². The Labute approximate surface area is 135 Å². The minimum Gasteiger partial charge on any atom is -0.369 e. The summed E-state index contributed by atoms with van der Waals surface area (Å²) in [6, 6.07) is 12.0. The molecule has 1 amide bonds. The normalized spacial score (nSPS) is 15.8. The molecule has 0 spiro atoms. The van der Waals surface area contributed by atoms with Crippen LogP contribution in [0.25, 0.3) is 0 Å². The Balaban J connectivity index is 1.63. The maximum absolute atomic E-state index is 12.1. The number of hydrogen-bond donors (Lipinski definition) is 1. The Hall–Kier alpha value is -1.85. The average Bonchev–Trinajstić information content (AvgIpc) is 2.96. The van der Waals surface area contributed by atoms with Crippen LogP contribution in [0.3, 0.4) is 0 Å². The number of carbonyl (C=O) groups excluding carboxylic acids is 1. The van der Waals surface area contributed by atoms with Crippen LogP contribution in [0.5, 0.6) is 0 Å². The topological polar surface area (TPSA) is 35.6 Å². The average molecular weight is 315 g/mol. The van der Waals surface area contributed by atoms with E-state index in [-0.39, 0.29) is 5.91 Å². The SMILES string of the molecule is Cc1ccc(C(=O)Nc2ccc(N3CCN(C)CC3)cc2)s1. The molecule has 0 aliphatic carbocycles. The van der Waals surface area contributed by atoms with Crippen molar-refractivity contribution in [2.45, 2.75) is 6.92 Å². The summed E-state index contributed by atoms with van der Waals surface area (Å²) in [5, 5.41) is 2.95. The molecule has 116 valence electrons. The molecule has 1 aliphatic rings. The summed E-state index contributed by atoms with van der Waals surface area (Å²) in [6.07, 6.45) is 0. The molecule has 1 saturated heterocycles. The maximum atomic E-state index is 12.1. The summed E-state index contributed by atoms with van der Waals surface area (Å²) in [7, 11) is 2.16. The monoisotopic (exact) mass is 315 g/mol. The number of carbonyl (C=O) groups is 1. The number of aryl methyl sites for hydroxylation is 1. The first-order valence-corrected chi connectivity index (χ1v) is 8.35. The fourth-order valence-corrected chi connectivity index (χ4v) is 3.33. The number of likely N-dealkylation sites (N-methyl/N-ethyl adjacent to an activating group) is 1. The van der Waals surface area contributed by atoms with E-state index in [0.29, 0.717) is 0 Å². The Morgan fingerprint density at radius 1 is 1.05 bits per heavy atom. The van der Waals surface area contributed by atoms with Crippen molar-refractivity contribution < 1.29 is 4.79 Å². The molecule has 1 fully saturated rings. The zero-order valence-corrected chi connectivity index (χ0v) is 13.8. The predicted octanol–water partition coefficient (Wildman–Crippen LogP) is 3.06. The van der Waals surface area contributed by atoms with Gasteiger partial charge in [-0.3, -0.25) is 4.79 Å². The molecular formula is C17H21N3OS. The highest BCUT2D eigenvalue weighted by Crippen LogP contribution is 2.21. The van der Waals surface area contributed by atoms with Crippen molar-refractivity contribution in [2.24, 2.45) is 0 Å². The fraction of sp³-hybridized carbons (Fsp3) is 0.353. The quantitative estimate of drug-likeness (QED) is 0.945. The van der Waals surface area contributed by atoms with E-state index >= 15 is 0 Å². The molecule has 2 heterocycles. The molecule has 5 heteroatoms. The fourth-order valence-electron chi connectivity index (χ4n) is 2.57. The van der Waals surface area contributed by atoms with Gasteiger partial charge in [-0.25, -0.2) is 0 Å². The van der Waals surface area contributed by atoms with E-state index in [1.54, 1.807) is 0 Å². The minimum atomic E-state index is -0.0366. The summed E-state index contributed by atoms with van der Waals surface area (Å²) in [4.78, 5) is 18.8. The highest BCUT2D eigenvalue weighted by molar-refractivity contribution is 7.14. The number of benzene rings is 1. The van der Waals surface area contributed by atoms with Crippen molar-refractivity contribution in [1.29, 1.82) is 0 Å². The predicted molar refractivity (Wildman–Crippen MR) is 93.2 cm³/mol. The molecule has 3 rings (SSSR count). The van der Waals surface area contributed by atoms with E-state index in [1.807, 2.05) is 31.2 Å². The standard InChI is InChI=1S/C17H21N3OS/c1-13-3-8-16(22-13)17(21)18-14-4-6-15(7-5-14)20-11-9-19(2)10-12-20/h3-8H,9-12H2,1-2H3,(H,18,21). The lowest BCUT2D eigenvalue weighted by molar-refractivity contribution is 0.103. The first-order valence-electron chi connectivity index (χ1n) is 7.53. The summed E-state index contributed by atoms with van der Waals surface area (Å²) in [6.45, 7) is 6.30. The van der Waals surface area contributed by atoms with E-state index in [0.717, 1.165) is 41.6 Å². The number of piperazine rings is 1. The molecule has 22 heavy (non-hydrogen) atoms. The number of amides is 1. The van der Waals surface area contributed by atoms with E-state index in [2.05, 4.69) is 34.3 Å². The van der Waals surface area contributed by atoms with Crippen molar-refractivity contribution in [2.75, 3.05) is 43.4 Å². The van der Waals surface area contributed by atoms with Gasteiger partial charge in [0, 0.05) is 42.4 Å². The highest BCUT2D eigenvalue weighted by Gasteiger charge is 2.14. The molecule has 0 unspecified atom stereocenters. The lowest BCUT2D eigenvalue weighted by Gasteiger charge is -2.34. The van der Waals surface area contributed by atoms with E-state index in [9.17, 15) is 4.79 Å². The highest BCUT2D eigenvalue weighted by atomic mass is 32.1. The van der Waals surface area contributed by atoms with Gasteiger partial charge in [-0.2, -0.15) is 0 Å². The summed E-state index contributed by atoms with van der Waals surface area (Å²) < 4.78 is 0. The van der Waals surface area contributed by atoms with Gasteiger partial charge >= 0.3 is 0 Å². The van der Waals surface area contributed by atoms with Crippen LogP contribution in [0.15, 0.2) is 36.4 Å². The molecule has 1 aliphatic heterocycles. The van der Waals surface area contributed by atoms with Crippen LogP contribution < -0.4 is 10.2 Å². The van der Waals surface area contributed by atoms with Gasteiger partial charge in [-0.15, -0.1) is 11.3 Å². The van der Waals surface area contributed by atoms with Crippen molar-refractivity contribution in [3.05, 3.63) is 46.2 Å².